The van der Waals surface area contributed by atoms with Crippen LogP contribution >= 0.6 is 0 Å². The Morgan fingerprint density at radius 2 is 0.862 bits per heavy atom. The van der Waals surface area contributed by atoms with Crippen LogP contribution in [-0.2, 0) is 4.74 Å². The molecule has 0 saturated carbocycles. The minimum atomic E-state index is -8.75. The van der Waals surface area contributed by atoms with Gasteiger partial charge in [0.25, 0.3) is 0 Å². The van der Waals surface area contributed by atoms with Gasteiger partial charge in [0, 0.05) is 13.5 Å². The topological polar surface area (TPSA) is 9.23 Å². The predicted octanol–water partition coefficient (Wildman–Crippen LogP) is 6.03. The molecule has 0 aliphatic heterocycles. The van der Waals surface area contributed by atoms with Gasteiger partial charge in [-0.2, -0.15) is 70.2 Å². The highest BCUT2D eigenvalue weighted by atomic mass is 19.4. The van der Waals surface area contributed by atoms with Gasteiger partial charge in [-0.15, -0.1) is 0 Å². The SMILES string of the molecule is COCCC(F)(F)C(F)(F)C(F)(C(F)(F)F)C(F)(F)C(F)(F)C(F)(F)C(F)(F)F. The first kappa shape index (κ1) is 27.8. The van der Waals surface area contributed by atoms with Gasteiger partial charge in [0.1, 0.15) is 0 Å². The predicted molar refractivity (Wildman–Crippen MR) is 57.2 cm³/mol. The van der Waals surface area contributed by atoms with E-state index >= 15 is 0 Å². The average Bonchev–Trinajstić information content (AvgIpc) is 2.48. The third kappa shape index (κ3) is 3.68. The van der Waals surface area contributed by atoms with Crippen molar-refractivity contribution in [3.63, 3.8) is 0 Å². The molecule has 1 atom stereocenters. The number of halogens is 17. The Balaban J connectivity index is 7.02. The lowest BCUT2D eigenvalue weighted by molar-refractivity contribution is -0.466. The van der Waals surface area contributed by atoms with Crippen molar-refractivity contribution in [3.05, 3.63) is 0 Å². The fourth-order valence-corrected chi connectivity index (χ4v) is 1.78. The Kier molecular flexibility index (Phi) is 6.87. The molecule has 0 spiro atoms. The van der Waals surface area contributed by atoms with Gasteiger partial charge in [0.2, 0.25) is 0 Å². The van der Waals surface area contributed by atoms with Crippen LogP contribution in [-0.4, -0.2) is 61.4 Å². The van der Waals surface area contributed by atoms with Crippen LogP contribution in [0.2, 0.25) is 0 Å². The van der Waals surface area contributed by atoms with E-state index in [9.17, 15) is 74.6 Å². The lowest BCUT2D eigenvalue weighted by Crippen LogP contribution is -2.78. The second-order valence-electron chi connectivity index (χ2n) is 5.40. The number of hydrogen-bond donors (Lipinski definition) is 0. The van der Waals surface area contributed by atoms with Crippen LogP contribution in [0.5, 0.6) is 0 Å². The molecule has 18 heteroatoms. The van der Waals surface area contributed by atoms with Gasteiger partial charge in [-0.25, -0.2) is 4.39 Å². The standard InChI is InChI=1S/C11H7F17O/c1-29-3-2-4(12,13)6(15,16)5(14,10(23,24)25)7(17,18)8(19,20)9(21,22)11(26,27)28/h2-3H2,1H3. The second kappa shape index (κ2) is 7.18. The maximum Gasteiger partial charge on any atom is 0.460 e. The number of alkyl halides is 17. The summed E-state index contributed by atoms with van der Waals surface area (Å²) >= 11 is 0. The molecule has 0 N–H and O–H groups in total. The van der Waals surface area contributed by atoms with Crippen LogP contribution in [0, 0.1) is 0 Å². The third-order valence-corrected chi connectivity index (χ3v) is 3.48. The second-order valence-corrected chi connectivity index (χ2v) is 5.40. The molecule has 0 aliphatic rings. The maximum atomic E-state index is 13.9. The van der Waals surface area contributed by atoms with Gasteiger partial charge in [0.05, 0.1) is 6.61 Å². The number of hydrogen-bond acceptors (Lipinski definition) is 1. The van der Waals surface area contributed by atoms with Gasteiger partial charge in [-0.05, 0) is 0 Å². The number of methoxy groups -OCH3 is 1. The lowest BCUT2D eigenvalue weighted by Gasteiger charge is -2.46. The first-order valence-electron chi connectivity index (χ1n) is 6.51. The Hall–Kier alpha value is -1.23. The first-order chi connectivity index (χ1) is 12.3. The van der Waals surface area contributed by atoms with Gasteiger partial charge in [-0.1, -0.05) is 0 Å². The molecule has 0 aliphatic carbocycles. The smallest absolute Gasteiger partial charge is 0.384 e. The van der Waals surface area contributed by atoms with E-state index in [-0.39, 0.29) is 0 Å². The van der Waals surface area contributed by atoms with Crippen molar-refractivity contribution in [2.45, 2.75) is 54.1 Å². The van der Waals surface area contributed by atoms with E-state index in [0.717, 1.165) is 0 Å². The summed E-state index contributed by atoms with van der Waals surface area (Å²) in [6.07, 6.45) is -18.8. The number of rotatable bonds is 8. The molecule has 176 valence electrons. The molecule has 0 radical (unpaired) electrons. The summed E-state index contributed by atoms with van der Waals surface area (Å²) in [7, 11) is 0.438. The normalized spacial score (nSPS) is 18.0. The van der Waals surface area contributed by atoms with Crippen molar-refractivity contribution in [1.82, 2.24) is 0 Å². The lowest BCUT2D eigenvalue weighted by atomic mass is 9.80. The third-order valence-electron chi connectivity index (χ3n) is 3.48. The molecule has 0 saturated heterocycles. The summed E-state index contributed by atoms with van der Waals surface area (Å²) < 4.78 is 223. The summed E-state index contributed by atoms with van der Waals surface area (Å²) in [5.74, 6) is -40.2. The summed E-state index contributed by atoms with van der Waals surface area (Å²) in [5.41, 5.74) is -8.58. The summed E-state index contributed by atoms with van der Waals surface area (Å²) in [5, 5.41) is 0. The maximum absolute atomic E-state index is 13.9. The average molecular weight is 478 g/mol. The van der Waals surface area contributed by atoms with E-state index in [4.69, 9.17) is 0 Å². The minimum Gasteiger partial charge on any atom is -0.384 e. The zero-order valence-corrected chi connectivity index (χ0v) is 13.2. The molecule has 0 rings (SSSR count). The molecule has 0 bridgehead atoms. The molecule has 1 unspecified atom stereocenters. The summed E-state index contributed by atoms with van der Waals surface area (Å²) in [6, 6.07) is 0. The van der Waals surface area contributed by atoms with E-state index in [1.807, 2.05) is 0 Å². The van der Waals surface area contributed by atoms with Crippen molar-refractivity contribution in [2.24, 2.45) is 0 Å². The van der Waals surface area contributed by atoms with Gasteiger partial charge in [-0.3, -0.25) is 0 Å². The zero-order valence-electron chi connectivity index (χ0n) is 13.2. The van der Waals surface area contributed by atoms with Gasteiger partial charge in [0.15, 0.2) is 0 Å². The Labute approximate surface area is 148 Å². The molecule has 1 nitrogen and oxygen atoms in total. The fraction of sp³-hybridized carbons (Fsp3) is 1.00. The van der Waals surface area contributed by atoms with Crippen molar-refractivity contribution >= 4 is 0 Å². The van der Waals surface area contributed by atoms with Crippen LogP contribution in [0.25, 0.3) is 0 Å². The van der Waals surface area contributed by atoms with Gasteiger partial charge < -0.3 is 4.74 Å². The molecule has 0 aromatic heterocycles. The van der Waals surface area contributed by atoms with Crippen LogP contribution in [0.3, 0.4) is 0 Å². The summed E-state index contributed by atoms with van der Waals surface area (Å²) in [4.78, 5) is 0. The molecule has 0 aromatic rings. The van der Waals surface area contributed by atoms with Crippen LogP contribution < -0.4 is 0 Å². The molecular weight excluding hydrogens is 471 g/mol. The molecule has 0 aromatic carbocycles. The fourth-order valence-electron chi connectivity index (χ4n) is 1.78. The molecule has 0 fully saturated rings. The van der Waals surface area contributed by atoms with Crippen LogP contribution in [0.15, 0.2) is 0 Å². The monoisotopic (exact) mass is 478 g/mol. The van der Waals surface area contributed by atoms with Crippen LogP contribution in [0.1, 0.15) is 6.42 Å². The van der Waals surface area contributed by atoms with E-state index in [1.165, 1.54) is 0 Å². The Bertz CT molecular complexity index is 573. The van der Waals surface area contributed by atoms with E-state index in [2.05, 4.69) is 4.74 Å². The van der Waals surface area contributed by atoms with Crippen LogP contribution in [0.4, 0.5) is 74.6 Å². The highest BCUT2D eigenvalue weighted by molar-refractivity contribution is 5.20. The molecule has 0 amide bonds. The summed E-state index contributed by atoms with van der Waals surface area (Å²) in [6.45, 7) is -1.71. The molecule has 0 heterocycles. The quantitative estimate of drug-likeness (QED) is 0.387. The van der Waals surface area contributed by atoms with Gasteiger partial charge >= 0.3 is 47.6 Å². The highest BCUT2D eigenvalue weighted by Crippen LogP contribution is 2.66. The van der Waals surface area contributed by atoms with Crippen molar-refractivity contribution in [2.75, 3.05) is 13.7 Å². The Morgan fingerprint density at radius 3 is 1.14 bits per heavy atom. The van der Waals surface area contributed by atoms with E-state index in [0.29, 0.717) is 7.11 Å². The van der Waals surface area contributed by atoms with Crippen molar-refractivity contribution < 1.29 is 79.4 Å². The zero-order chi connectivity index (χ0) is 24.1. The van der Waals surface area contributed by atoms with Crippen molar-refractivity contribution in [3.8, 4) is 0 Å². The van der Waals surface area contributed by atoms with E-state index in [1.54, 1.807) is 0 Å². The Morgan fingerprint density at radius 1 is 0.483 bits per heavy atom. The molecule has 29 heavy (non-hydrogen) atoms. The highest BCUT2D eigenvalue weighted by Gasteiger charge is 2.97. The van der Waals surface area contributed by atoms with E-state index < -0.39 is 60.7 Å². The minimum absolute atomic E-state index is 0.438. The largest absolute Gasteiger partial charge is 0.460 e. The number of ether oxygens (including phenoxy) is 1. The first-order valence-corrected chi connectivity index (χ1v) is 6.51. The van der Waals surface area contributed by atoms with Crippen molar-refractivity contribution in [1.29, 1.82) is 0 Å². The molecular formula is C11H7F17O.